The number of benzene rings is 7. The summed E-state index contributed by atoms with van der Waals surface area (Å²) in [4.78, 5) is 15.4. The van der Waals surface area contributed by atoms with E-state index in [4.69, 9.17) is 23.8 Å². The third-order valence-corrected chi connectivity index (χ3v) is 9.89. The molecule has 0 aliphatic rings. The Bertz CT molecular complexity index is 3100. The molecule has 0 saturated carbocycles. The molecule has 4 aromatic heterocycles. The summed E-state index contributed by atoms with van der Waals surface area (Å²) in [7, 11) is 0. The third kappa shape index (κ3) is 4.14. The smallest absolute Gasteiger partial charge is 0.238 e. The van der Waals surface area contributed by atoms with E-state index in [-0.39, 0.29) is 0 Å². The van der Waals surface area contributed by atoms with Gasteiger partial charge in [-0.3, -0.25) is 4.57 Å². The molecule has 0 bridgehead atoms. The molecule has 0 amide bonds. The second kappa shape index (κ2) is 10.7. The van der Waals surface area contributed by atoms with Gasteiger partial charge in [-0.1, -0.05) is 121 Å². The zero-order valence-electron chi connectivity index (χ0n) is 27.1. The van der Waals surface area contributed by atoms with Crippen molar-refractivity contribution in [2.24, 2.45) is 0 Å². The van der Waals surface area contributed by atoms with Crippen LogP contribution in [0.1, 0.15) is 0 Å². The summed E-state index contributed by atoms with van der Waals surface area (Å²) >= 11 is 0. The maximum Gasteiger partial charge on any atom is 0.238 e. The maximum atomic E-state index is 6.77. The predicted octanol–water partition coefficient (Wildman–Crippen LogP) is 11.8. The van der Waals surface area contributed by atoms with Crippen molar-refractivity contribution in [3.8, 4) is 39.9 Å². The predicted molar refractivity (Wildman–Crippen MR) is 205 cm³/mol. The van der Waals surface area contributed by atoms with E-state index >= 15 is 0 Å². The van der Waals surface area contributed by atoms with Crippen LogP contribution < -0.4 is 0 Å². The summed E-state index contributed by atoms with van der Waals surface area (Å²) in [6.07, 6.45) is 0. The lowest BCUT2D eigenvalue weighted by Crippen LogP contribution is -2.06. The lowest BCUT2D eigenvalue weighted by molar-refractivity contribution is 0.668. The molecule has 0 aliphatic heterocycles. The van der Waals surface area contributed by atoms with Gasteiger partial charge in [0.25, 0.3) is 0 Å². The molecule has 0 radical (unpaired) electrons. The second-order valence-corrected chi connectivity index (χ2v) is 12.8. The van der Waals surface area contributed by atoms with Crippen molar-refractivity contribution in [2.75, 3.05) is 0 Å². The number of fused-ring (bicyclic) bond motifs is 9. The summed E-state index contributed by atoms with van der Waals surface area (Å²) in [5.74, 6) is 1.67. The monoisotopic (exact) mass is 654 g/mol. The van der Waals surface area contributed by atoms with Crippen molar-refractivity contribution in [3.05, 3.63) is 158 Å². The summed E-state index contributed by atoms with van der Waals surface area (Å²) in [5, 5.41) is 6.49. The molecular formula is C45H26N4O2. The average Bonchev–Trinajstić information content (AvgIpc) is 3.88. The molecule has 0 N–H and O–H groups in total. The van der Waals surface area contributed by atoms with Gasteiger partial charge in [-0.15, -0.1) is 0 Å². The minimum atomic E-state index is 0.537. The molecule has 0 spiro atoms. The molecular weight excluding hydrogens is 629 g/mol. The molecule has 0 unspecified atom stereocenters. The first-order valence-electron chi connectivity index (χ1n) is 17.0. The highest BCUT2D eigenvalue weighted by atomic mass is 16.3. The van der Waals surface area contributed by atoms with Crippen molar-refractivity contribution >= 4 is 65.7 Å². The van der Waals surface area contributed by atoms with Crippen LogP contribution >= 0.6 is 0 Å². The van der Waals surface area contributed by atoms with E-state index in [0.29, 0.717) is 17.6 Å². The van der Waals surface area contributed by atoms with Crippen LogP contribution in [-0.4, -0.2) is 19.5 Å². The van der Waals surface area contributed by atoms with Crippen LogP contribution in [0.5, 0.6) is 0 Å². The summed E-state index contributed by atoms with van der Waals surface area (Å²) in [6, 6.07) is 53.8. The molecule has 11 aromatic rings. The van der Waals surface area contributed by atoms with Crippen LogP contribution in [0.2, 0.25) is 0 Å². The maximum absolute atomic E-state index is 6.77. The highest BCUT2D eigenvalue weighted by Crippen LogP contribution is 2.44. The van der Waals surface area contributed by atoms with Gasteiger partial charge in [-0.25, -0.2) is 4.98 Å². The minimum Gasteiger partial charge on any atom is -0.456 e. The van der Waals surface area contributed by atoms with E-state index in [1.54, 1.807) is 0 Å². The molecule has 238 valence electrons. The van der Waals surface area contributed by atoms with Gasteiger partial charge < -0.3 is 8.83 Å². The molecule has 0 fully saturated rings. The van der Waals surface area contributed by atoms with Gasteiger partial charge in [0, 0.05) is 37.9 Å². The number of furan rings is 2. The number of aromatic nitrogens is 4. The van der Waals surface area contributed by atoms with Crippen LogP contribution in [0, 0.1) is 0 Å². The van der Waals surface area contributed by atoms with Crippen LogP contribution in [0.4, 0.5) is 0 Å². The van der Waals surface area contributed by atoms with E-state index in [0.717, 1.165) is 87.9 Å². The van der Waals surface area contributed by atoms with Crippen LogP contribution in [0.15, 0.2) is 167 Å². The van der Waals surface area contributed by atoms with Gasteiger partial charge in [0.15, 0.2) is 11.6 Å². The van der Waals surface area contributed by atoms with E-state index in [2.05, 4.69) is 102 Å². The third-order valence-electron chi connectivity index (χ3n) is 9.89. The Morgan fingerprint density at radius 1 is 0.373 bits per heavy atom. The van der Waals surface area contributed by atoms with Crippen molar-refractivity contribution in [1.82, 2.24) is 19.5 Å². The first-order chi connectivity index (χ1) is 25.3. The molecule has 7 aromatic carbocycles. The Morgan fingerprint density at radius 3 is 1.65 bits per heavy atom. The topological polar surface area (TPSA) is 69.9 Å². The van der Waals surface area contributed by atoms with Gasteiger partial charge in [-0.2, -0.15) is 9.97 Å². The van der Waals surface area contributed by atoms with E-state index in [1.807, 2.05) is 60.7 Å². The number of rotatable bonds is 4. The Kier molecular flexibility index (Phi) is 5.86. The van der Waals surface area contributed by atoms with Crippen LogP contribution in [0.25, 0.3) is 106 Å². The highest BCUT2D eigenvalue weighted by Gasteiger charge is 2.22. The summed E-state index contributed by atoms with van der Waals surface area (Å²) < 4.78 is 15.2. The summed E-state index contributed by atoms with van der Waals surface area (Å²) in [6.45, 7) is 0. The minimum absolute atomic E-state index is 0.537. The average molecular weight is 655 g/mol. The van der Waals surface area contributed by atoms with Crippen molar-refractivity contribution in [3.63, 3.8) is 0 Å². The molecule has 4 heterocycles. The molecule has 51 heavy (non-hydrogen) atoms. The Morgan fingerprint density at radius 2 is 0.902 bits per heavy atom. The number of para-hydroxylation sites is 4. The zero-order chi connectivity index (χ0) is 33.5. The van der Waals surface area contributed by atoms with Crippen LogP contribution in [0.3, 0.4) is 0 Å². The lowest BCUT2D eigenvalue weighted by Gasteiger charge is -2.11. The Hall–Kier alpha value is -7.05. The molecule has 11 rings (SSSR count). The van der Waals surface area contributed by atoms with Gasteiger partial charge in [-0.05, 0) is 47.5 Å². The molecule has 0 aliphatic carbocycles. The first kappa shape index (κ1) is 27.9. The Labute approximate surface area is 290 Å². The quantitative estimate of drug-likeness (QED) is 0.189. The fourth-order valence-corrected chi connectivity index (χ4v) is 7.69. The van der Waals surface area contributed by atoms with E-state index in [1.165, 1.54) is 0 Å². The van der Waals surface area contributed by atoms with Gasteiger partial charge in [0.1, 0.15) is 22.3 Å². The van der Waals surface area contributed by atoms with Gasteiger partial charge in [0.2, 0.25) is 5.95 Å². The van der Waals surface area contributed by atoms with Gasteiger partial charge >= 0.3 is 0 Å². The van der Waals surface area contributed by atoms with Crippen molar-refractivity contribution < 1.29 is 8.83 Å². The summed E-state index contributed by atoms with van der Waals surface area (Å²) in [5.41, 5.74) is 9.17. The molecule has 0 saturated heterocycles. The van der Waals surface area contributed by atoms with E-state index in [9.17, 15) is 0 Å². The molecule has 6 nitrogen and oxygen atoms in total. The van der Waals surface area contributed by atoms with Crippen LogP contribution in [-0.2, 0) is 0 Å². The standard InChI is InChI=1S/C45H26N4O2/c1-2-13-27(14-3-1)43-46-44(48-45(47-43)49-35-22-7-4-15-28(35)29-16-5-8-23-36(29)49)34-21-10-20-33-41-31(19-12-26-39(41)51-42(33)34)30-18-11-25-38-40(30)32-17-6-9-24-37(32)50-38/h1-26H. The molecule has 6 heteroatoms. The largest absolute Gasteiger partial charge is 0.456 e. The number of hydrogen-bond acceptors (Lipinski definition) is 5. The zero-order valence-corrected chi connectivity index (χ0v) is 27.1. The number of nitrogens with zero attached hydrogens (tertiary/aromatic N) is 4. The highest BCUT2D eigenvalue weighted by molar-refractivity contribution is 6.20. The van der Waals surface area contributed by atoms with Gasteiger partial charge in [0.05, 0.1) is 16.6 Å². The molecule has 0 atom stereocenters. The number of hydrogen-bond donors (Lipinski definition) is 0. The second-order valence-electron chi connectivity index (χ2n) is 12.8. The van der Waals surface area contributed by atoms with E-state index < -0.39 is 0 Å². The Balaban J connectivity index is 1.19. The fourth-order valence-electron chi connectivity index (χ4n) is 7.69. The van der Waals surface area contributed by atoms with Crippen molar-refractivity contribution in [2.45, 2.75) is 0 Å². The SMILES string of the molecule is c1ccc(-c2nc(-c3cccc4c3oc3cccc(-c5cccc6oc7ccccc7c56)c34)nc(-n3c4ccccc4c4ccccc43)n2)cc1. The normalized spacial score (nSPS) is 11.9. The lowest BCUT2D eigenvalue weighted by atomic mass is 9.95. The fraction of sp³-hybridized carbons (Fsp3) is 0. The first-order valence-corrected chi connectivity index (χ1v) is 17.0. The van der Waals surface area contributed by atoms with Crippen molar-refractivity contribution in [1.29, 1.82) is 0 Å².